The van der Waals surface area contributed by atoms with Gasteiger partial charge in [0.2, 0.25) is 5.56 Å². The standard InChI is InChI=1S/C19H11F3N2O4/c20-19(21,22)28-12-2-4-16-14(9-12)24-18(26)13-7-10(1-3-15(13)27-16)11-5-6-23-17(25)8-11/h1-9H,(H,23,25)(H,24,26). The van der Waals surface area contributed by atoms with Gasteiger partial charge in [0.05, 0.1) is 11.3 Å². The monoisotopic (exact) mass is 388 g/mol. The summed E-state index contributed by atoms with van der Waals surface area (Å²) in [6, 6.07) is 11.2. The topological polar surface area (TPSA) is 80.4 Å². The molecule has 4 rings (SSSR count). The Labute approximate surface area is 155 Å². The van der Waals surface area contributed by atoms with Gasteiger partial charge >= 0.3 is 6.36 Å². The van der Waals surface area contributed by atoms with Crippen molar-refractivity contribution in [2.75, 3.05) is 5.32 Å². The minimum absolute atomic E-state index is 0.0423. The molecule has 1 amide bonds. The molecule has 9 heteroatoms. The van der Waals surface area contributed by atoms with Crippen molar-refractivity contribution in [3.63, 3.8) is 0 Å². The molecule has 1 aliphatic rings. The van der Waals surface area contributed by atoms with Gasteiger partial charge < -0.3 is 19.8 Å². The maximum atomic E-state index is 12.6. The number of nitrogens with one attached hydrogen (secondary N) is 2. The lowest BCUT2D eigenvalue weighted by molar-refractivity contribution is -0.274. The fraction of sp³-hybridized carbons (Fsp3) is 0.0526. The summed E-state index contributed by atoms with van der Waals surface area (Å²) in [5, 5.41) is 2.52. The molecule has 2 aromatic carbocycles. The normalized spacial score (nSPS) is 12.9. The Morgan fingerprint density at radius 1 is 0.893 bits per heavy atom. The van der Waals surface area contributed by atoms with E-state index in [9.17, 15) is 22.8 Å². The van der Waals surface area contributed by atoms with Gasteiger partial charge in [-0.15, -0.1) is 13.2 Å². The number of alkyl halides is 3. The van der Waals surface area contributed by atoms with Crippen molar-refractivity contribution in [2.24, 2.45) is 0 Å². The van der Waals surface area contributed by atoms with Gasteiger partial charge in [-0.25, -0.2) is 0 Å². The summed E-state index contributed by atoms with van der Waals surface area (Å²) >= 11 is 0. The number of aromatic amines is 1. The maximum Gasteiger partial charge on any atom is 0.573 e. The number of carbonyl (C=O) groups excluding carboxylic acids is 1. The minimum Gasteiger partial charge on any atom is -0.454 e. The number of benzene rings is 2. The molecule has 2 N–H and O–H groups in total. The summed E-state index contributed by atoms with van der Waals surface area (Å²) in [7, 11) is 0. The maximum absolute atomic E-state index is 12.6. The largest absolute Gasteiger partial charge is 0.573 e. The molecular weight excluding hydrogens is 377 g/mol. The molecule has 0 fully saturated rings. The molecule has 0 radical (unpaired) electrons. The first-order chi connectivity index (χ1) is 13.3. The van der Waals surface area contributed by atoms with E-state index >= 15 is 0 Å². The van der Waals surface area contributed by atoms with Crippen LogP contribution in [0.4, 0.5) is 18.9 Å². The predicted molar refractivity (Wildman–Crippen MR) is 93.7 cm³/mol. The average Bonchev–Trinajstić information content (AvgIpc) is 2.75. The molecule has 6 nitrogen and oxygen atoms in total. The summed E-state index contributed by atoms with van der Waals surface area (Å²) in [4.78, 5) is 26.6. The van der Waals surface area contributed by atoms with Crippen LogP contribution in [0.5, 0.6) is 17.2 Å². The third kappa shape index (κ3) is 3.54. The highest BCUT2D eigenvalue weighted by atomic mass is 19.4. The molecule has 0 saturated carbocycles. The fourth-order valence-electron chi connectivity index (χ4n) is 2.80. The second-order valence-electron chi connectivity index (χ2n) is 5.91. The quantitative estimate of drug-likeness (QED) is 0.686. The van der Waals surface area contributed by atoms with Crippen LogP contribution in [-0.2, 0) is 0 Å². The van der Waals surface area contributed by atoms with Crippen LogP contribution in [-0.4, -0.2) is 17.3 Å². The average molecular weight is 388 g/mol. The van der Waals surface area contributed by atoms with E-state index < -0.39 is 18.0 Å². The van der Waals surface area contributed by atoms with Gasteiger partial charge in [-0.05, 0) is 41.5 Å². The summed E-state index contributed by atoms with van der Waals surface area (Å²) in [6.45, 7) is 0. The van der Waals surface area contributed by atoms with Gasteiger partial charge in [0.15, 0.2) is 5.75 Å². The van der Waals surface area contributed by atoms with E-state index in [0.29, 0.717) is 11.1 Å². The number of carbonyl (C=O) groups is 1. The molecule has 28 heavy (non-hydrogen) atoms. The lowest BCUT2D eigenvalue weighted by Crippen LogP contribution is -2.17. The first kappa shape index (κ1) is 17.7. The van der Waals surface area contributed by atoms with E-state index in [1.807, 2.05) is 0 Å². The van der Waals surface area contributed by atoms with Crippen LogP contribution < -0.4 is 20.3 Å². The van der Waals surface area contributed by atoms with E-state index in [0.717, 1.165) is 12.1 Å². The number of aromatic nitrogens is 1. The highest BCUT2D eigenvalue weighted by Gasteiger charge is 2.32. The fourth-order valence-corrected chi connectivity index (χ4v) is 2.80. The van der Waals surface area contributed by atoms with Crippen LogP contribution in [0.15, 0.2) is 59.5 Å². The molecule has 1 aliphatic heterocycles. The van der Waals surface area contributed by atoms with Crippen molar-refractivity contribution in [3.05, 3.63) is 70.6 Å². The van der Waals surface area contributed by atoms with Crippen LogP contribution in [0.25, 0.3) is 11.1 Å². The smallest absolute Gasteiger partial charge is 0.454 e. The molecule has 2 heterocycles. The molecule has 0 aliphatic carbocycles. The second kappa shape index (κ2) is 6.45. The van der Waals surface area contributed by atoms with Gasteiger partial charge in [0, 0.05) is 18.3 Å². The SMILES string of the molecule is O=C1Nc2cc(OC(F)(F)F)ccc2Oc2ccc(-c3cc[nH]c(=O)c3)cc21. The number of fused-ring (bicyclic) bond motifs is 2. The number of hydrogen-bond donors (Lipinski definition) is 2. The van der Waals surface area contributed by atoms with Gasteiger partial charge in [0.25, 0.3) is 5.91 Å². The first-order valence-electron chi connectivity index (χ1n) is 8.01. The van der Waals surface area contributed by atoms with E-state index in [1.165, 1.54) is 18.3 Å². The molecule has 0 saturated heterocycles. The number of hydrogen-bond acceptors (Lipinski definition) is 4. The Bertz CT molecular complexity index is 1140. The second-order valence-corrected chi connectivity index (χ2v) is 5.91. The van der Waals surface area contributed by atoms with Crippen LogP contribution in [0.2, 0.25) is 0 Å². The van der Waals surface area contributed by atoms with Gasteiger partial charge in [-0.3, -0.25) is 9.59 Å². The van der Waals surface area contributed by atoms with E-state index in [2.05, 4.69) is 15.0 Å². The van der Waals surface area contributed by atoms with Crippen molar-refractivity contribution in [3.8, 4) is 28.4 Å². The van der Waals surface area contributed by atoms with E-state index in [4.69, 9.17) is 4.74 Å². The van der Waals surface area contributed by atoms with Crippen LogP contribution in [0.1, 0.15) is 10.4 Å². The lowest BCUT2D eigenvalue weighted by atomic mass is 10.0. The van der Waals surface area contributed by atoms with E-state index in [1.54, 1.807) is 24.3 Å². The molecule has 142 valence electrons. The number of rotatable bonds is 2. The van der Waals surface area contributed by atoms with Crippen LogP contribution in [0.3, 0.4) is 0 Å². The number of H-pyrrole nitrogens is 1. The number of anilines is 1. The predicted octanol–water partition coefficient (Wildman–Crippen LogP) is 4.30. The zero-order valence-corrected chi connectivity index (χ0v) is 14.0. The van der Waals surface area contributed by atoms with Crippen molar-refractivity contribution in [1.29, 1.82) is 0 Å². The van der Waals surface area contributed by atoms with Crippen LogP contribution >= 0.6 is 0 Å². The Morgan fingerprint density at radius 2 is 1.64 bits per heavy atom. The van der Waals surface area contributed by atoms with Crippen molar-refractivity contribution in [1.82, 2.24) is 4.98 Å². The number of pyridine rings is 1. The van der Waals surface area contributed by atoms with Crippen molar-refractivity contribution < 1.29 is 27.4 Å². The van der Waals surface area contributed by atoms with Crippen LogP contribution in [0, 0.1) is 0 Å². The number of ether oxygens (including phenoxy) is 2. The third-order valence-corrected chi connectivity index (χ3v) is 3.99. The molecule has 0 atom stereocenters. The Balaban J connectivity index is 1.71. The third-order valence-electron chi connectivity index (χ3n) is 3.99. The Kier molecular flexibility index (Phi) is 4.07. The first-order valence-corrected chi connectivity index (χ1v) is 8.01. The van der Waals surface area contributed by atoms with Gasteiger partial charge in [-0.2, -0.15) is 0 Å². The lowest BCUT2D eigenvalue weighted by Gasteiger charge is -2.12. The Hall–Kier alpha value is -3.75. The number of amides is 1. The molecule has 3 aromatic rings. The van der Waals surface area contributed by atoms with E-state index in [-0.39, 0.29) is 28.3 Å². The zero-order valence-electron chi connectivity index (χ0n) is 14.0. The van der Waals surface area contributed by atoms with Gasteiger partial charge in [-0.1, -0.05) is 6.07 Å². The highest BCUT2D eigenvalue weighted by Crippen LogP contribution is 2.39. The summed E-state index contributed by atoms with van der Waals surface area (Å²) in [5.41, 5.74) is 1.13. The number of halogens is 3. The molecular formula is C19H11F3N2O4. The minimum atomic E-state index is -4.85. The summed E-state index contributed by atoms with van der Waals surface area (Å²) < 4.78 is 46.8. The molecule has 0 bridgehead atoms. The Morgan fingerprint density at radius 3 is 2.39 bits per heavy atom. The summed E-state index contributed by atoms with van der Waals surface area (Å²) in [6.07, 6.45) is -3.37. The van der Waals surface area contributed by atoms with Crippen molar-refractivity contribution in [2.45, 2.75) is 6.36 Å². The molecule has 1 aromatic heterocycles. The summed E-state index contributed by atoms with van der Waals surface area (Å²) in [5.74, 6) is -0.644. The van der Waals surface area contributed by atoms with Gasteiger partial charge in [0.1, 0.15) is 11.5 Å². The van der Waals surface area contributed by atoms with Crippen molar-refractivity contribution >= 4 is 11.6 Å². The molecule has 0 spiro atoms. The highest BCUT2D eigenvalue weighted by molar-refractivity contribution is 6.08. The molecule has 0 unspecified atom stereocenters. The zero-order chi connectivity index (χ0) is 19.9.